The second kappa shape index (κ2) is 6.30. The van der Waals surface area contributed by atoms with E-state index in [-0.39, 0.29) is 0 Å². The lowest BCUT2D eigenvalue weighted by Gasteiger charge is -2.26. The Morgan fingerprint density at radius 3 is 2.39 bits per heavy atom. The Kier molecular flexibility index (Phi) is 4.72. The summed E-state index contributed by atoms with van der Waals surface area (Å²) in [5.74, 6) is 0.870. The van der Waals surface area contributed by atoms with Crippen molar-refractivity contribution in [1.82, 2.24) is 0 Å². The molecule has 0 saturated heterocycles. The van der Waals surface area contributed by atoms with Crippen LogP contribution in [0.15, 0.2) is 24.3 Å². The number of benzene rings is 1. The van der Waals surface area contributed by atoms with E-state index in [4.69, 9.17) is 22.7 Å². The number of rotatable bonds is 4. The molecule has 1 aromatic carbocycles. The van der Waals surface area contributed by atoms with E-state index in [0.29, 0.717) is 17.7 Å². The Balaban J connectivity index is 1.81. The van der Waals surface area contributed by atoms with Gasteiger partial charge in [-0.05, 0) is 37.2 Å². The molecule has 2 N–H and O–H groups in total. The van der Waals surface area contributed by atoms with Crippen molar-refractivity contribution in [2.45, 2.75) is 45.3 Å². The summed E-state index contributed by atoms with van der Waals surface area (Å²) in [6, 6.07) is 8.01. The zero-order chi connectivity index (χ0) is 13.0. The van der Waals surface area contributed by atoms with Crippen LogP contribution in [0.4, 0.5) is 0 Å². The Morgan fingerprint density at radius 2 is 1.83 bits per heavy atom. The van der Waals surface area contributed by atoms with Crippen LogP contribution in [-0.2, 0) is 11.3 Å². The van der Waals surface area contributed by atoms with Gasteiger partial charge in [0.05, 0.1) is 12.7 Å². The van der Waals surface area contributed by atoms with E-state index in [1.54, 1.807) is 0 Å². The van der Waals surface area contributed by atoms with Crippen molar-refractivity contribution >= 4 is 17.2 Å². The van der Waals surface area contributed by atoms with Crippen LogP contribution in [-0.4, -0.2) is 11.1 Å². The molecule has 0 radical (unpaired) electrons. The van der Waals surface area contributed by atoms with Crippen LogP contribution in [0.25, 0.3) is 0 Å². The van der Waals surface area contributed by atoms with Crippen molar-refractivity contribution in [3.05, 3.63) is 35.4 Å². The van der Waals surface area contributed by atoms with Gasteiger partial charge in [0.25, 0.3) is 0 Å². The molecular weight excluding hydrogens is 242 g/mol. The summed E-state index contributed by atoms with van der Waals surface area (Å²) in [5, 5.41) is 0. The zero-order valence-electron chi connectivity index (χ0n) is 10.9. The molecule has 1 aliphatic carbocycles. The summed E-state index contributed by atoms with van der Waals surface area (Å²) in [4.78, 5) is 0.448. The summed E-state index contributed by atoms with van der Waals surface area (Å²) < 4.78 is 5.95. The minimum atomic E-state index is 0.441. The van der Waals surface area contributed by atoms with Crippen molar-refractivity contribution < 1.29 is 4.74 Å². The number of ether oxygens (including phenoxy) is 1. The summed E-state index contributed by atoms with van der Waals surface area (Å²) in [6.45, 7) is 3.02. The number of hydrogen-bond acceptors (Lipinski definition) is 2. The van der Waals surface area contributed by atoms with Crippen molar-refractivity contribution in [2.75, 3.05) is 0 Å². The zero-order valence-corrected chi connectivity index (χ0v) is 11.7. The summed E-state index contributed by atoms with van der Waals surface area (Å²) in [6.07, 6.45) is 5.44. The highest BCUT2D eigenvalue weighted by atomic mass is 32.1. The predicted molar refractivity (Wildman–Crippen MR) is 78.5 cm³/mol. The van der Waals surface area contributed by atoms with Gasteiger partial charge in [-0.1, -0.05) is 43.4 Å². The van der Waals surface area contributed by atoms with E-state index in [0.717, 1.165) is 11.5 Å². The molecule has 0 unspecified atom stereocenters. The maximum absolute atomic E-state index is 5.95. The van der Waals surface area contributed by atoms with Crippen LogP contribution >= 0.6 is 12.2 Å². The van der Waals surface area contributed by atoms with Gasteiger partial charge in [-0.15, -0.1) is 0 Å². The molecule has 1 fully saturated rings. The van der Waals surface area contributed by atoms with Gasteiger partial charge in [0.1, 0.15) is 4.99 Å². The quantitative estimate of drug-likeness (QED) is 0.845. The first-order valence-electron chi connectivity index (χ1n) is 6.65. The molecule has 1 saturated carbocycles. The van der Waals surface area contributed by atoms with Gasteiger partial charge < -0.3 is 10.5 Å². The molecule has 98 valence electrons. The van der Waals surface area contributed by atoms with E-state index < -0.39 is 0 Å². The van der Waals surface area contributed by atoms with Crippen LogP contribution in [0.3, 0.4) is 0 Å². The maximum Gasteiger partial charge on any atom is 0.103 e. The highest BCUT2D eigenvalue weighted by molar-refractivity contribution is 7.80. The first-order valence-corrected chi connectivity index (χ1v) is 7.06. The van der Waals surface area contributed by atoms with E-state index in [1.165, 1.54) is 31.2 Å². The SMILES string of the molecule is CC1CCC(OCc2ccc(C(N)=S)cc2)CC1. The minimum absolute atomic E-state index is 0.441. The van der Waals surface area contributed by atoms with Gasteiger partial charge >= 0.3 is 0 Å². The van der Waals surface area contributed by atoms with Gasteiger partial charge in [0, 0.05) is 5.56 Å². The summed E-state index contributed by atoms with van der Waals surface area (Å²) in [5.41, 5.74) is 7.67. The molecule has 1 aliphatic rings. The first kappa shape index (κ1) is 13.5. The van der Waals surface area contributed by atoms with Gasteiger partial charge in [-0.25, -0.2) is 0 Å². The third-order valence-corrected chi connectivity index (χ3v) is 3.92. The highest BCUT2D eigenvalue weighted by Crippen LogP contribution is 2.26. The third kappa shape index (κ3) is 3.79. The topological polar surface area (TPSA) is 35.2 Å². The van der Waals surface area contributed by atoms with Crippen molar-refractivity contribution in [1.29, 1.82) is 0 Å². The molecular formula is C15H21NOS. The maximum atomic E-state index is 5.95. The molecule has 3 heteroatoms. The summed E-state index contributed by atoms with van der Waals surface area (Å²) >= 11 is 4.93. The van der Waals surface area contributed by atoms with Crippen LogP contribution in [0.2, 0.25) is 0 Å². The van der Waals surface area contributed by atoms with E-state index in [1.807, 2.05) is 24.3 Å². The Bertz CT molecular complexity index is 393. The van der Waals surface area contributed by atoms with Crippen LogP contribution in [0.1, 0.15) is 43.7 Å². The highest BCUT2D eigenvalue weighted by Gasteiger charge is 2.18. The molecule has 18 heavy (non-hydrogen) atoms. The molecule has 0 atom stereocenters. The van der Waals surface area contributed by atoms with Gasteiger partial charge in [-0.2, -0.15) is 0 Å². The molecule has 2 nitrogen and oxygen atoms in total. The van der Waals surface area contributed by atoms with Gasteiger partial charge in [0.2, 0.25) is 0 Å². The predicted octanol–water partition coefficient (Wildman–Crippen LogP) is 3.42. The fourth-order valence-electron chi connectivity index (χ4n) is 2.38. The van der Waals surface area contributed by atoms with Crippen LogP contribution < -0.4 is 5.73 Å². The van der Waals surface area contributed by atoms with Gasteiger partial charge in [0.15, 0.2) is 0 Å². The number of nitrogens with two attached hydrogens (primary N) is 1. The molecule has 0 bridgehead atoms. The molecule has 0 aliphatic heterocycles. The van der Waals surface area contributed by atoms with E-state index >= 15 is 0 Å². The number of hydrogen-bond donors (Lipinski definition) is 1. The van der Waals surface area contributed by atoms with E-state index in [2.05, 4.69) is 6.92 Å². The third-order valence-electron chi connectivity index (χ3n) is 3.69. The van der Waals surface area contributed by atoms with Crippen molar-refractivity contribution in [2.24, 2.45) is 11.7 Å². The standard InChI is InChI=1S/C15H21NOS/c1-11-2-8-14(9-3-11)17-10-12-4-6-13(7-5-12)15(16)18/h4-7,11,14H,2-3,8-10H2,1H3,(H2,16,18). The fraction of sp³-hybridized carbons (Fsp3) is 0.533. The fourth-order valence-corrected chi connectivity index (χ4v) is 2.51. The number of thiocarbonyl (C=S) groups is 1. The smallest absolute Gasteiger partial charge is 0.103 e. The average Bonchev–Trinajstić information content (AvgIpc) is 2.38. The minimum Gasteiger partial charge on any atom is -0.389 e. The molecule has 2 rings (SSSR count). The Hall–Kier alpha value is -0.930. The first-order chi connectivity index (χ1) is 8.65. The van der Waals surface area contributed by atoms with Crippen molar-refractivity contribution in [3.63, 3.8) is 0 Å². The summed E-state index contributed by atoms with van der Waals surface area (Å²) in [7, 11) is 0. The largest absolute Gasteiger partial charge is 0.389 e. The van der Waals surface area contributed by atoms with Crippen molar-refractivity contribution in [3.8, 4) is 0 Å². The Labute approximate surface area is 115 Å². The second-order valence-corrected chi connectivity index (χ2v) is 5.69. The lowest BCUT2D eigenvalue weighted by Crippen LogP contribution is -2.20. The van der Waals surface area contributed by atoms with Gasteiger partial charge in [-0.3, -0.25) is 0 Å². The average molecular weight is 263 g/mol. The molecule has 0 aromatic heterocycles. The lowest BCUT2D eigenvalue weighted by molar-refractivity contribution is 0.00877. The molecule has 0 heterocycles. The molecule has 1 aromatic rings. The van der Waals surface area contributed by atoms with E-state index in [9.17, 15) is 0 Å². The van der Waals surface area contributed by atoms with Crippen LogP contribution in [0.5, 0.6) is 0 Å². The Morgan fingerprint density at radius 1 is 1.22 bits per heavy atom. The second-order valence-electron chi connectivity index (χ2n) is 5.25. The van der Waals surface area contributed by atoms with Crippen LogP contribution in [0, 0.1) is 5.92 Å². The lowest BCUT2D eigenvalue weighted by atomic mass is 9.89. The normalized spacial score (nSPS) is 23.8. The molecule has 0 spiro atoms. The monoisotopic (exact) mass is 263 g/mol. The molecule has 0 amide bonds.